The maximum absolute atomic E-state index is 5.22. The molecule has 0 aromatic rings. The fraction of sp³-hybridized carbons (Fsp3) is 0.429. The Morgan fingerprint density at radius 3 is 2.80 bits per heavy atom. The van der Waals surface area contributed by atoms with Crippen LogP contribution < -0.4 is 11.1 Å². The Morgan fingerprint density at radius 2 is 2.40 bits per heavy atom. The van der Waals surface area contributed by atoms with Crippen LogP contribution in [0.4, 0.5) is 0 Å². The number of nitrogens with two attached hydrogens (primary N) is 1. The molecule has 3 nitrogen and oxygen atoms in total. The summed E-state index contributed by atoms with van der Waals surface area (Å²) in [6.45, 7) is 4.66. The second-order valence-corrected chi connectivity index (χ2v) is 1.65. The molecule has 3 N–H and O–H groups in total. The summed E-state index contributed by atoms with van der Waals surface area (Å²) >= 11 is 0. The maximum atomic E-state index is 5.22. The zero-order chi connectivity index (χ0) is 7.82. The predicted octanol–water partition coefficient (Wildman–Crippen LogP) is 0.904. The van der Waals surface area contributed by atoms with Crippen molar-refractivity contribution < 1.29 is 4.74 Å². The van der Waals surface area contributed by atoms with Gasteiger partial charge in [-0.3, -0.25) is 0 Å². The molecule has 0 atom stereocenters. The van der Waals surface area contributed by atoms with Gasteiger partial charge in [0.25, 0.3) is 0 Å². The van der Waals surface area contributed by atoms with Crippen molar-refractivity contribution in [3.05, 3.63) is 24.4 Å². The van der Waals surface area contributed by atoms with Gasteiger partial charge in [-0.25, -0.2) is 0 Å². The number of hydrogen-bond donors (Lipinski definition) is 2. The Bertz CT molecular complexity index is 130. The second kappa shape index (κ2) is 6.01. The van der Waals surface area contributed by atoms with Crippen LogP contribution in [0.15, 0.2) is 24.4 Å². The molecule has 0 amide bonds. The van der Waals surface area contributed by atoms with Gasteiger partial charge >= 0.3 is 0 Å². The molecule has 0 bridgehead atoms. The van der Waals surface area contributed by atoms with E-state index < -0.39 is 0 Å². The molecule has 58 valence electrons. The molecule has 0 rings (SSSR count). The van der Waals surface area contributed by atoms with Crippen molar-refractivity contribution in [2.24, 2.45) is 5.73 Å². The first kappa shape index (κ1) is 8.88. The van der Waals surface area contributed by atoms with E-state index in [0.29, 0.717) is 5.88 Å². The van der Waals surface area contributed by atoms with Crippen LogP contribution in [0.25, 0.3) is 0 Å². The Labute approximate surface area is 61.6 Å². The zero-order valence-electron chi connectivity index (χ0n) is 6.42. The van der Waals surface area contributed by atoms with Gasteiger partial charge in [-0.1, -0.05) is 6.08 Å². The van der Waals surface area contributed by atoms with Gasteiger partial charge in [0.1, 0.15) is 0 Å². The van der Waals surface area contributed by atoms with Crippen LogP contribution in [0.2, 0.25) is 0 Å². The van der Waals surface area contributed by atoms with Gasteiger partial charge in [0.05, 0.1) is 12.5 Å². The maximum Gasteiger partial charge on any atom is 0.208 e. The van der Waals surface area contributed by atoms with Crippen molar-refractivity contribution in [3.8, 4) is 0 Å². The van der Waals surface area contributed by atoms with E-state index in [9.17, 15) is 0 Å². The first-order valence-corrected chi connectivity index (χ1v) is 3.28. The minimum atomic E-state index is 0.584. The number of hydrogen-bond acceptors (Lipinski definition) is 3. The molecule has 0 aliphatic carbocycles. The molecule has 0 aromatic carbocycles. The van der Waals surface area contributed by atoms with Crippen LogP contribution in [0.1, 0.15) is 13.8 Å². The highest BCUT2D eigenvalue weighted by atomic mass is 16.5. The third kappa shape index (κ3) is 3.83. The summed E-state index contributed by atoms with van der Waals surface area (Å²) in [4.78, 5) is 0. The van der Waals surface area contributed by atoms with Gasteiger partial charge in [0, 0.05) is 6.54 Å². The highest BCUT2D eigenvalue weighted by molar-refractivity contribution is 4.88. The molecule has 0 spiro atoms. The van der Waals surface area contributed by atoms with E-state index in [4.69, 9.17) is 10.5 Å². The number of nitrogens with one attached hydrogen (secondary N) is 1. The van der Waals surface area contributed by atoms with E-state index >= 15 is 0 Å². The van der Waals surface area contributed by atoms with Gasteiger partial charge in [-0.2, -0.15) is 0 Å². The van der Waals surface area contributed by atoms with Crippen LogP contribution in [0.3, 0.4) is 0 Å². The Balaban J connectivity index is 3.62. The molecule has 0 saturated heterocycles. The molecule has 3 heteroatoms. The lowest BCUT2D eigenvalue weighted by Crippen LogP contribution is -2.14. The number of rotatable bonds is 4. The van der Waals surface area contributed by atoms with Crippen LogP contribution in [-0.2, 0) is 4.74 Å². The molecular formula is C7H14N2O. The van der Waals surface area contributed by atoms with Crippen LogP contribution in [0, 0.1) is 0 Å². The summed E-state index contributed by atoms with van der Waals surface area (Å²) in [5.74, 6) is 0.584. The highest BCUT2D eigenvalue weighted by Gasteiger charge is 1.87. The van der Waals surface area contributed by atoms with Crippen LogP contribution in [-0.4, -0.2) is 6.54 Å². The average Bonchev–Trinajstić information content (AvgIpc) is 1.98. The number of allylic oxidation sites excluding steroid dienone is 1. The molecule has 0 fully saturated rings. The van der Waals surface area contributed by atoms with Gasteiger partial charge < -0.3 is 15.8 Å². The van der Waals surface area contributed by atoms with E-state index in [0.717, 1.165) is 6.54 Å². The quantitative estimate of drug-likeness (QED) is 0.573. The monoisotopic (exact) mass is 142 g/mol. The van der Waals surface area contributed by atoms with E-state index in [1.165, 1.54) is 6.20 Å². The highest BCUT2D eigenvalue weighted by Crippen LogP contribution is 1.89. The van der Waals surface area contributed by atoms with Gasteiger partial charge in [-0.05, 0) is 13.8 Å². The molecule has 0 aliphatic rings. The summed E-state index contributed by atoms with van der Waals surface area (Å²) in [7, 11) is 0. The molecule has 0 unspecified atom stereocenters. The normalized spacial score (nSPS) is 12.0. The Kier molecular flexibility index (Phi) is 5.33. The standard InChI is InChI=1S/C7H14N2O/c1-3-5-10-7(6-8)9-4-2/h3,5-6,9H,4,8H2,1-2H3/b5-3-,7-6-. The van der Waals surface area contributed by atoms with Crippen molar-refractivity contribution in [2.75, 3.05) is 6.54 Å². The van der Waals surface area contributed by atoms with Crippen molar-refractivity contribution in [1.82, 2.24) is 5.32 Å². The minimum Gasteiger partial charge on any atom is -0.448 e. The zero-order valence-corrected chi connectivity index (χ0v) is 6.42. The largest absolute Gasteiger partial charge is 0.448 e. The van der Waals surface area contributed by atoms with Gasteiger partial charge in [0.2, 0.25) is 5.88 Å². The molecule has 0 radical (unpaired) electrons. The fourth-order valence-electron chi connectivity index (χ4n) is 0.455. The van der Waals surface area contributed by atoms with Crippen LogP contribution in [0.5, 0.6) is 0 Å². The molecule has 0 aromatic heterocycles. The van der Waals surface area contributed by atoms with Gasteiger partial charge in [0.15, 0.2) is 0 Å². The summed E-state index contributed by atoms with van der Waals surface area (Å²) in [5, 5.41) is 2.93. The third-order valence-corrected chi connectivity index (χ3v) is 0.833. The SMILES string of the molecule is C/C=C\O/C(=C\N)NCC. The molecule has 0 aliphatic heterocycles. The lowest BCUT2D eigenvalue weighted by atomic mass is 10.7. The van der Waals surface area contributed by atoms with E-state index in [2.05, 4.69) is 5.32 Å². The van der Waals surface area contributed by atoms with Crippen molar-refractivity contribution >= 4 is 0 Å². The predicted molar refractivity (Wildman–Crippen MR) is 41.8 cm³/mol. The summed E-state index contributed by atoms with van der Waals surface area (Å²) < 4.78 is 5.03. The third-order valence-electron chi connectivity index (χ3n) is 0.833. The minimum absolute atomic E-state index is 0.584. The fourth-order valence-corrected chi connectivity index (χ4v) is 0.455. The summed E-state index contributed by atoms with van der Waals surface area (Å²) in [6.07, 6.45) is 4.76. The Morgan fingerprint density at radius 1 is 1.70 bits per heavy atom. The van der Waals surface area contributed by atoms with E-state index in [1.807, 2.05) is 13.8 Å². The lowest BCUT2D eigenvalue weighted by molar-refractivity contribution is 0.315. The summed E-state index contributed by atoms with van der Waals surface area (Å²) in [6, 6.07) is 0. The second-order valence-electron chi connectivity index (χ2n) is 1.65. The van der Waals surface area contributed by atoms with Crippen molar-refractivity contribution in [1.29, 1.82) is 0 Å². The van der Waals surface area contributed by atoms with Crippen molar-refractivity contribution in [3.63, 3.8) is 0 Å². The first-order valence-electron chi connectivity index (χ1n) is 3.28. The first-order chi connectivity index (χ1) is 4.85. The average molecular weight is 142 g/mol. The molecular weight excluding hydrogens is 128 g/mol. The molecule has 0 saturated carbocycles. The lowest BCUT2D eigenvalue weighted by Gasteiger charge is -2.04. The van der Waals surface area contributed by atoms with Gasteiger partial charge in [-0.15, -0.1) is 0 Å². The number of ether oxygens (including phenoxy) is 1. The molecule has 0 heterocycles. The van der Waals surface area contributed by atoms with Crippen LogP contribution >= 0.6 is 0 Å². The van der Waals surface area contributed by atoms with E-state index in [1.54, 1.807) is 12.3 Å². The topological polar surface area (TPSA) is 47.3 Å². The van der Waals surface area contributed by atoms with Crippen molar-refractivity contribution in [2.45, 2.75) is 13.8 Å². The Hall–Kier alpha value is -1.12. The summed E-state index contributed by atoms with van der Waals surface area (Å²) in [5.41, 5.74) is 5.22. The van der Waals surface area contributed by atoms with E-state index in [-0.39, 0.29) is 0 Å². The molecule has 10 heavy (non-hydrogen) atoms. The smallest absolute Gasteiger partial charge is 0.208 e.